The first-order chi connectivity index (χ1) is 8.60. The molecule has 1 aromatic heterocycles. The highest BCUT2D eigenvalue weighted by Crippen LogP contribution is 2.29. The van der Waals surface area contributed by atoms with Crippen molar-refractivity contribution in [3.8, 4) is 11.3 Å². The van der Waals surface area contributed by atoms with E-state index in [1.54, 1.807) is 17.4 Å². The molecule has 1 aromatic carbocycles. The Kier molecular flexibility index (Phi) is 4.32. The van der Waals surface area contributed by atoms with Crippen LogP contribution in [0.3, 0.4) is 0 Å². The second-order valence-corrected chi connectivity index (χ2v) is 5.47. The van der Waals surface area contributed by atoms with Crippen LogP contribution in [0.15, 0.2) is 23.6 Å². The van der Waals surface area contributed by atoms with E-state index in [-0.39, 0.29) is 11.9 Å². The Morgan fingerprint density at radius 2 is 2.28 bits per heavy atom. The smallest absolute Gasteiger partial charge is 0.124 e. The highest BCUT2D eigenvalue weighted by Gasteiger charge is 2.10. The maximum absolute atomic E-state index is 13.0. The molecule has 2 N–H and O–H groups in total. The van der Waals surface area contributed by atoms with E-state index in [2.05, 4.69) is 11.9 Å². The summed E-state index contributed by atoms with van der Waals surface area (Å²) in [5.41, 5.74) is 7.43. The minimum Gasteiger partial charge on any atom is -0.327 e. The van der Waals surface area contributed by atoms with Crippen LogP contribution in [0.1, 0.15) is 18.4 Å². The largest absolute Gasteiger partial charge is 0.327 e. The number of hydrogen-bond donors (Lipinski definition) is 1. The van der Waals surface area contributed by atoms with Gasteiger partial charge in [-0.2, -0.15) is 0 Å². The van der Waals surface area contributed by atoms with Gasteiger partial charge in [-0.05, 0) is 24.6 Å². The third-order valence-electron chi connectivity index (χ3n) is 2.72. The van der Waals surface area contributed by atoms with E-state index in [0.717, 1.165) is 29.1 Å². The van der Waals surface area contributed by atoms with Gasteiger partial charge < -0.3 is 5.73 Å². The zero-order chi connectivity index (χ0) is 13.1. The molecule has 0 spiro atoms. The summed E-state index contributed by atoms with van der Waals surface area (Å²) in [6.07, 6.45) is 1.69. The van der Waals surface area contributed by atoms with Gasteiger partial charge >= 0.3 is 0 Å². The molecule has 0 saturated heterocycles. The molecule has 1 unspecified atom stereocenters. The molecule has 2 rings (SSSR count). The van der Waals surface area contributed by atoms with Crippen LogP contribution in [-0.2, 0) is 6.42 Å². The first-order valence-electron chi connectivity index (χ1n) is 5.75. The molecule has 96 valence electrons. The van der Waals surface area contributed by atoms with Gasteiger partial charge in [0, 0.05) is 23.4 Å². The summed E-state index contributed by atoms with van der Waals surface area (Å²) in [5, 5.41) is 3.29. The Hall–Kier alpha value is -0.970. The Morgan fingerprint density at radius 3 is 2.94 bits per heavy atom. The van der Waals surface area contributed by atoms with Crippen molar-refractivity contribution in [3.05, 3.63) is 39.4 Å². The van der Waals surface area contributed by atoms with E-state index in [1.165, 1.54) is 12.1 Å². The van der Waals surface area contributed by atoms with Gasteiger partial charge in [0.15, 0.2) is 0 Å². The number of aromatic nitrogens is 1. The van der Waals surface area contributed by atoms with Gasteiger partial charge in [-0.3, -0.25) is 0 Å². The highest BCUT2D eigenvalue weighted by molar-refractivity contribution is 7.10. The summed E-state index contributed by atoms with van der Waals surface area (Å²) >= 11 is 7.56. The Balaban J connectivity index is 2.24. The summed E-state index contributed by atoms with van der Waals surface area (Å²) in [6, 6.07) is 4.47. The van der Waals surface area contributed by atoms with Crippen LogP contribution < -0.4 is 5.73 Å². The second kappa shape index (κ2) is 5.78. The third kappa shape index (κ3) is 3.07. The first kappa shape index (κ1) is 13.5. The van der Waals surface area contributed by atoms with Gasteiger partial charge in [-0.25, -0.2) is 9.37 Å². The van der Waals surface area contributed by atoms with Gasteiger partial charge in [-0.1, -0.05) is 18.5 Å². The maximum atomic E-state index is 13.0. The predicted molar refractivity (Wildman–Crippen MR) is 74.5 cm³/mol. The number of halogens is 2. The fraction of sp³-hybridized carbons (Fsp3) is 0.308. The van der Waals surface area contributed by atoms with Gasteiger partial charge in [-0.15, -0.1) is 11.3 Å². The van der Waals surface area contributed by atoms with Crippen LogP contribution in [0.2, 0.25) is 5.02 Å². The molecule has 0 aliphatic heterocycles. The molecule has 5 heteroatoms. The molecular formula is C13H14ClFN2S. The van der Waals surface area contributed by atoms with Crippen molar-refractivity contribution in [2.75, 3.05) is 0 Å². The molecule has 0 radical (unpaired) electrons. The summed E-state index contributed by atoms with van der Waals surface area (Å²) in [6.45, 7) is 2.05. The van der Waals surface area contributed by atoms with E-state index in [9.17, 15) is 4.39 Å². The molecule has 1 heterocycles. The summed E-state index contributed by atoms with van der Waals surface area (Å²) in [7, 11) is 0. The number of thiazole rings is 1. The molecule has 0 aliphatic rings. The van der Waals surface area contributed by atoms with Crippen molar-refractivity contribution in [1.82, 2.24) is 4.98 Å². The minimum atomic E-state index is -0.341. The Morgan fingerprint density at radius 1 is 1.50 bits per heavy atom. The number of nitrogens with zero attached hydrogens (tertiary/aromatic N) is 1. The molecule has 2 aromatic rings. The number of benzene rings is 1. The monoisotopic (exact) mass is 284 g/mol. The van der Waals surface area contributed by atoms with Gasteiger partial charge in [0.2, 0.25) is 0 Å². The number of nitrogens with two attached hydrogens (primary N) is 1. The highest BCUT2D eigenvalue weighted by atomic mass is 35.5. The molecule has 0 saturated carbocycles. The van der Waals surface area contributed by atoms with E-state index in [1.807, 2.05) is 5.38 Å². The fourth-order valence-corrected chi connectivity index (χ4v) is 2.75. The number of rotatable bonds is 4. The summed E-state index contributed by atoms with van der Waals surface area (Å²) in [4.78, 5) is 4.49. The average molecular weight is 285 g/mol. The van der Waals surface area contributed by atoms with Gasteiger partial charge in [0.05, 0.1) is 15.7 Å². The van der Waals surface area contributed by atoms with Crippen molar-refractivity contribution in [1.29, 1.82) is 0 Å². The average Bonchev–Trinajstić information content (AvgIpc) is 2.77. The van der Waals surface area contributed by atoms with E-state index in [4.69, 9.17) is 17.3 Å². The normalized spacial score (nSPS) is 12.7. The number of hydrogen-bond acceptors (Lipinski definition) is 3. The van der Waals surface area contributed by atoms with Crippen LogP contribution >= 0.6 is 22.9 Å². The SMILES string of the molecule is CCC(N)Cc1nc(-c2ccc(F)cc2Cl)cs1. The first-order valence-corrected chi connectivity index (χ1v) is 7.01. The van der Waals surface area contributed by atoms with Crippen molar-refractivity contribution < 1.29 is 4.39 Å². The lowest BCUT2D eigenvalue weighted by Crippen LogP contribution is -2.21. The maximum Gasteiger partial charge on any atom is 0.124 e. The fourth-order valence-electron chi connectivity index (χ4n) is 1.59. The van der Waals surface area contributed by atoms with Crippen LogP contribution in [0, 0.1) is 5.82 Å². The molecule has 18 heavy (non-hydrogen) atoms. The molecule has 0 bridgehead atoms. The molecule has 1 atom stereocenters. The second-order valence-electron chi connectivity index (χ2n) is 4.12. The molecular weight excluding hydrogens is 271 g/mol. The van der Waals surface area contributed by atoms with E-state index < -0.39 is 0 Å². The Bertz CT molecular complexity index is 542. The van der Waals surface area contributed by atoms with E-state index in [0.29, 0.717) is 5.02 Å². The molecule has 0 aliphatic carbocycles. The van der Waals surface area contributed by atoms with Crippen LogP contribution in [-0.4, -0.2) is 11.0 Å². The minimum absolute atomic E-state index is 0.132. The lowest BCUT2D eigenvalue weighted by Gasteiger charge is -2.04. The molecule has 0 fully saturated rings. The topological polar surface area (TPSA) is 38.9 Å². The van der Waals surface area contributed by atoms with Crippen molar-refractivity contribution in [3.63, 3.8) is 0 Å². The van der Waals surface area contributed by atoms with Crippen molar-refractivity contribution >= 4 is 22.9 Å². The summed E-state index contributed by atoms with van der Waals surface area (Å²) in [5.74, 6) is -0.341. The van der Waals surface area contributed by atoms with E-state index >= 15 is 0 Å². The summed E-state index contributed by atoms with van der Waals surface area (Å²) < 4.78 is 13.0. The van der Waals surface area contributed by atoms with Crippen LogP contribution in [0.25, 0.3) is 11.3 Å². The third-order valence-corrected chi connectivity index (χ3v) is 3.90. The van der Waals surface area contributed by atoms with Gasteiger partial charge in [0.25, 0.3) is 0 Å². The van der Waals surface area contributed by atoms with Crippen molar-refractivity contribution in [2.45, 2.75) is 25.8 Å². The zero-order valence-electron chi connectivity index (χ0n) is 9.99. The van der Waals surface area contributed by atoms with Crippen LogP contribution in [0.5, 0.6) is 0 Å². The molecule has 0 amide bonds. The lowest BCUT2D eigenvalue weighted by atomic mass is 10.1. The Labute approximate surface area is 115 Å². The van der Waals surface area contributed by atoms with Gasteiger partial charge in [0.1, 0.15) is 5.82 Å². The zero-order valence-corrected chi connectivity index (χ0v) is 11.6. The van der Waals surface area contributed by atoms with Crippen molar-refractivity contribution in [2.24, 2.45) is 5.73 Å². The predicted octanol–water partition coefficient (Wildman–Crippen LogP) is 3.88. The van der Waals surface area contributed by atoms with Crippen LogP contribution in [0.4, 0.5) is 4.39 Å². The standard InChI is InChI=1S/C13H14ClFN2S/c1-2-9(16)6-13-17-12(7-18-13)10-4-3-8(15)5-11(10)14/h3-5,7,9H,2,6,16H2,1H3. The quantitative estimate of drug-likeness (QED) is 0.925. The molecule has 2 nitrogen and oxygen atoms in total. The lowest BCUT2D eigenvalue weighted by molar-refractivity contribution is 0.628.